The Morgan fingerprint density at radius 1 is 0.969 bits per heavy atom. The van der Waals surface area contributed by atoms with Crippen molar-refractivity contribution in [1.29, 1.82) is 0 Å². The SMILES string of the molecule is C/C=C(\C)C(=O)O[C@H]1c2c(ccc(C(=O)OC)c2OC)OC(C)(C)[C@H]1OC(=O)/C(C)=C/C. The fraction of sp³-hybridized carbons (Fsp3) is 0.458. The Morgan fingerprint density at radius 3 is 2.03 bits per heavy atom. The molecule has 8 heteroatoms. The Labute approximate surface area is 188 Å². The molecule has 0 radical (unpaired) electrons. The van der Waals surface area contributed by atoms with Crippen molar-refractivity contribution in [2.45, 2.75) is 59.4 Å². The van der Waals surface area contributed by atoms with E-state index in [9.17, 15) is 14.4 Å². The van der Waals surface area contributed by atoms with Gasteiger partial charge >= 0.3 is 17.9 Å². The highest BCUT2D eigenvalue weighted by molar-refractivity contribution is 5.94. The van der Waals surface area contributed by atoms with E-state index >= 15 is 0 Å². The van der Waals surface area contributed by atoms with Crippen LogP contribution in [0.2, 0.25) is 0 Å². The van der Waals surface area contributed by atoms with Gasteiger partial charge in [-0.05, 0) is 53.7 Å². The summed E-state index contributed by atoms with van der Waals surface area (Å²) < 4.78 is 28.1. The van der Waals surface area contributed by atoms with E-state index in [2.05, 4.69) is 0 Å². The third-order valence-electron chi connectivity index (χ3n) is 5.36. The molecule has 0 aliphatic carbocycles. The molecule has 0 N–H and O–H groups in total. The van der Waals surface area contributed by atoms with Crippen molar-refractivity contribution in [1.82, 2.24) is 0 Å². The van der Waals surface area contributed by atoms with E-state index in [1.165, 1.54) is 20.3 Å². The molecule has 0 saturated carbocycles. The summed E-state index contributed by atoms with van der Waals surface area (Å²) in [5.74, 6) is -1.36. The highest BCUT2D eigenvalue weighted by Crippen LogP contribution is 2.49. The van der Waals surface area contributed by atoms with E-state index < -0.39 is 35.7 Å². The molecule has 1 aromatic rings. The molecule has 1 aromatic carbocycles. The van der Waals surface area contributed by atoms with Crippen molar-refractivity contribution < 1.29 is 38.1 Å². The first kappa shape index (κ1) is 25.0. The predicted octanol–water partition coefficient (Wildman–Crippen LogP) is 4.08. The number of allylic oxidation sites excluding steroid dienone is 2. The van der Waals surface area contributed by atoms with Crippen LogP contribution in [0.1, 0.15) is 63.6 Å². The van der Waals surface area contributed by atoms with Gasteiger partial charge in [0.1, 0.15) is 22.7 Å². The van der Waals surface area contributed by atoms with Crippen molar-refractivity contribution in [2.24, 2.45) is 0 Å². The van der Waals surface area contributed by atoms with Crippen molar-refractivity contribution in [3.63, 3.8) is 0 Å². The highest BCUT2D eigenvalue weighted by atomic mass is 16.6. The van der Waals surface area contributed by atoms with Crippen LogP contribution in [-0.2, 0) is 23.8 Å². The van der Waals surface area contributed by atoms with Gasteiger partial charge in [-0.1, -0.05) is 12.2 Å². The second-order valence-electron chi connectivity index (χ2n) is 7.85. The van der Waals surface area contributed by atoms with Gasteiger partial charge in [0, 0.05) is 11.1 Å². The van der Waals surface area contributed by atoms with Gasteiger partial charge in [0.05, 0.1) is 19.8 Å². The molecule has 1 aliphatic heterocycles. The largest absolute Gasteiger partial charge is 0.495 e. The Balaban J connectivity index is 2.74. The Kier molecular flexibility index (Phi) is 7.72. The summed E-state index contributed by atoms with van der Waals surface area (Å²) in [6.07, 6.45) is 1.09. The van der Waals surface area contributed by atoms with E-state index in [0.717, 1.165) is 0 Å². The molecule has 0 spiro atoms. The van der Waals surface area contributed by atoms with E-state index in [0.29, 0.717) is 16.9 Å². The van der Waals surface area contributed by atoms with E-state index in [1.807, 2.05) is 0 Å². The number of carbonyl (C=O) groups excluding carboxylic acids is 3. The molecule has 8 nitrogen and oxygen atoms in total. The molecular formula is C24H30O8. The molecule has 0 fully saturated rings. The molecule has 0 bridgehead atoms. The molecule has 0 aromatic heterocycles. The highest BCUT2D eigenvalue weighted by Gasteiger charge is 2.51. The van der Waals surface area contributed by atoms with Gasteiger partial charge in [0.2, 0.25) is 0 Å². The van der Waals surface area contributed by atoms with Gasteiger partial charge in [0.15, 0.2) is 12.2 Å². The normalized spacial score (nSPS) is 19.9. The molecule has 2 rings (SSSR count). The number of methoxy groups -OCH3 is 2. The number of fused-ring (bicyclic) bond motifs is 1. The van der Waals surface area contributed by atoms with Gasteiger partial charge in [-0.2, -0.15) is 0 Å². The van der Waals surface area contributed by atoms with Gasteiger partial charge < -0.3 is 23.7 Å². The monoisotopic (exact) mass is 446 g/mol. The number of rotatable bonds is 6. The Hall–Kier alpha value is -3.29. The molecule has 174 valence electrons. The molecular weight excluding hydrogens is 416 g/mol. The van der Waals surface area contributed by atoms with E-state index in [-0.39, 0.29) is 16.9 Å². The maximum Gasteiger partial charge on any atom is 0.341 e. The van der Waals surface area contributed by atoms with Crippen LogP contribution < -0.4 is 9.47 Å². The average Bonchev–Trinajstić information content (AvgIpc) is 2.77. The number of esters is 3. The standard InChI is InChI=1S/C24H30O8/c1-9-13(3)21(25)30-19-17-16(12-11-15(18(17)28-7)23(27)29-8)32-24(5,6)20(19)31-22(26)14(4)10-2/h9-12,19-20H,1-8H3/b13-9+,14-10+/t19-,20-/m0/s1. The minimum absolute atomic E-state index is 0.115. The fourth-order valence-electron chi connectivity index (χ4n) is 3.26. The number of benzene rings is 1. The first-order valence-electron chi connectivity index (χ1n) is 10.2. The summed E-state index contributed by atoms with van der Waals surface area (Å²) in [5, 5.41) is 0. The van der Waals surface area contributed by atoms with Gasteiger partial charge in [0.25, 0.3) is 0 Å². The van der Waals surface area contributed by atoms with E-state index in [1.54, 1.807) is 59.8 Å². The summed E-state index contributed by atoms with van der Waals surface area (Å²) in [4.78, 5) is 37.7. The van der Waals surface area contributed by atoms with Crippen LogP contribution in [0, 0.1) is 0 Å². The molecule has 0 unspecified atom stereocenters. The number of hydrogen-bond donors (Lipinski definition) is 0. The summed E-state index contributed by atoms with van der Waals surface area (Å²) >= 11 is 0. The smallest absolute Gasteiger partial charge is 0.341 e. The first-order chi connectivity index (χ1) is 15.0. The summed E-state index contributed by atoms with van der Waals surface area (Å²) in [7, 11) is 2.63. The summed E-state index contributed by atoms with van der Waals surface area (Å²) in [5.41, 5.74) is 0.0900. The van der Waals surface area contributed by atoms with Crippen molar-refractivity contribution >= 4 is 17.9 Å². The Bertz CT molecular complexity index is 970. The molecule has 0 saturated heterocycles. The Morgan fingerprint density at radius 2 is 1.53 bits per heavy atom. The maximum absolute atomic E-state index is 12.7. The lowest BCUT2D eigenvalue weighted by atomic mass is 9.86. The van der Waals surface area contributed by atoms with Crippen molar-refractivity contribution in [3.05, 3.63) is 46.6 Å². The zero-order chi connectivity index (χ0) is 24.2. The van der Waals surface area contributed by atoms with Crippen LogP contribution >= 0.6 is 0 Å². The number of ether oxygens (including phenoxy) is 5. The van der Waals surface area contributed by atoms with Crippen molar-refractivity contribution in [3.8, 4) is 11.5 Å². The number of hydrogen-bond acceptors (Lipinski definition) is 8. The van der Waals surface area contributed by atoms with Crippen LogP contribution in [0.5, 0.6) is 11.5 Å². The van der Waals surface area contributed by atoms with Crippen molar-refractivity contribution in [2.75, 3.05) is 14.2 Å². The lowest BCUT2D eigenvalue weighted by Crippen LogP contribution is -2.52. The van der Waals surface area contributed by atoms with Gasteiger partial charge in [-0.25, -0.2) is 14.4 Å². The number of carbonyl (C=O) groups is 3. The van der Waals surface area contributed by atoms with Gasteiger partial charge in [-0.3, -0.25) is 0 Å². The van der Waals surface area contributed by atoms with Crippen LogP contribution in [0.3, 0.4) is 0 Å². The second kappa shape index (κ2) is 9.89. The maximum atomic E-state index is 12.7. The quantitative estimate of drug-likeness (QED) is 0.366. The summed E-state index contributed by atoms with van der Waals surface area (Å²) in [6.45, 7) is 10.1. The third kappa shape index (κ3) is 4.79. The van der Waals surface area contributed by atoms with Crippen LogP contribution in [-0.4, -0.2) is 43.8 Å². The third-order valence-corrected chi connectivity index (χ3v) is 5.36. The molecule has 0 amide bonds. The minimum atomic E-state index is -1.11. The van der Waals surface area contributed by atoms with Crippen LogP contribution in [0.25, 0.3) is 0 Å². The van der Waals surface area contributed by atoms with E-state index in [4.69, 9.17) is 23.7 Å². The minimum Gasteiger partial charge on any atom is -0.495 e. The lowest BCUT2D eigenvalue weighted by molar-refractivity contribution is -0.186. The molecule has 1 heterocycles. The molecule has 32 heavy (non-hydrogen) atoms. The predicted molar refractivity (Wildman–Crippen MR) is 117 cm³/mol. The average molecular weight is 446 g/mol. The fourth-order valence-corrected chi connectivity index (χ4v) is 3.26. The zero-order valence-electron chi connectivity index (χ0n) is 19.7. The van der Waals surface area contributed by atoms with Crippen LogP contribution in [0.15, 0.2) is 35.4 Å². The second-order valence-corrected chi connectivity index (χ2v) is 7.85. The zero-order valence-corrected chi connectivity index (χ0v) is 19.7. The molecule has 2 atom stereocenters. The van der Waals surface area contributed by atoms with Crippen LogP contribution in [0.4, 0.5) is 0 Å². The topological polar surface area (TPSA) is 97.4 Å². The molecule has 1 aliphatic rings. The lowest BCUT2D eigenvalue weighted by Gasteiger charge is -2.43. The first-order valence-corrected chi connectivity index (χ1v) is 10.2. The van der Waals surface area contributed by atoms with Gasteiger partial charge in [-0.15, -0.1) is 0 Å². The summed E-state index contributed by atoms with van der Waals surface area (Å²) in [6, 6.07) is 3.08.